The van der Waals surface area contributed by atoms with Gasteiger partial charge in [-0.2, -0.15) is 0 Å². The number of carbonyl (C=O) groups excluding carboxylic acids is 2. The first-order valence-electron chi connectivity index (χ1n) is 11.0. The van der Waals surface area contributed by atoms with Crippen molar-refractivity contribution in [2.24, 2.45) is 0 Å². The molecule has 1 atom stereocenters. The largest absolute Gasteiger partial charge is 0.493 e. The molecule has 172 valence electrons. The van der Waals surface area contributed by atoms with E-state index in [4.69, 9.17) is 9.47 Å². The summed E-state index contributed by atoms with van der Waals surface area (Å²) in [6.45, 7) is 1.98. The minimum Gasteiger partial charge on any atom is -0.493 e. The van der Waals surface area contributed by atoms with Gasteiger partial charge in [0, 0.05) is 26.1 Å². The Hall–Kier alpha value is -2.88. The molecule has 2 amide bonds. The maximum Gasteiger partial charge on any atom is 0.242 e. The van der Waals surface area contributed by atoms with Gasteiger partial charge in [0.2, 0.25) is 22.1 Å². The summed E-state index contributed by atoms with van der Waals surface area (Å²) in [4.78, 5) is 28.8. The van der Waals surface area contributed by atoms with Gasteiger partial charge in [-0.15, -0.1) is 10.2 Å². The van der Waals surface area contributed by atoms with Crippen molar-refractivity contribution in [1.82, 2.24) is 15.5 Å². The van der Waals surface area contributed by atoms with Gasteiger partial charge in [0.05, 0.1) is 14.2 Å². The predicted molar refractivity (Wildman–Crippen MR) is 123 cm³/mol. The van der Waals surface area contributed by atoms with Gasteiger partial charge in [0.15, 0.2) is 11.5 Å². The van der Waals surface area contributed by atoms with Gasteiger partial charge in [0.25, 0.3) is 0 Å². The minimum absolute atomic E-state index is 0.00576. The molecule has 1 N–H and O–H groups in total. The number of ether oxygens (including phenoxy) is 2. The zero-order valence-electron chi connectivity index (χ0n) is 18.5. The Balaban J connectivity index is 1.34. The molecule has 1 aromatic carbocycles. The van der Waals surface area contributed by atoms with Crippen LogP contribution in [0, 0.1) is 0 Å². The second kappa shape index (κ2) is 10.2. The molecule has 4 rings (SSSR count). The lowest BCUT2D eigenvalue weighted by Gasteiger charge is -2.24. The van der Waals surface area contributed by atoms with Crippen LogP contribution in [-0.4, -0.2) is 61.9 Å². The number of nitrogens with one attached hydrogen (secondary N) is 1. The summed E-state index contributed by atoms with van der Waals surface area (Å²) in [5.41, 5.74) is 1.06. The van der Waals surface area contributed by atoms with Gasteiger partial charge in [0.1, 0.15) is 6.04 Å². The topological polar surface area (TPSA) is 96.9 Å². The summed E-state index contributed by atoms with van der Waals surface area (Å²) in [6, 6.07) is 5.50. The van der Waals surface area contributed by atoms with E-state index in [1.54, 1.807) is 19.1 Å². The third-order valence-electron chi connectivity index (χ3n) is 5.92. The van der Waals surface area contributed by atoms with Crippen LogP contribution in [0.4, 0.5) is 10.3 Å². The molecule has 2 aliphatic heterocycles. The van der Waals surface area contributed by atoms with Crippen molar-refractivity contribution < 1.29 is 19.1 Å². The summed E-state index contributed by atoms with van der Waals surface area (Å²) in [6.07, 6.45) is 4.86. The summed E-state index contributed by atoms with van der Waals surface area (Å²) in [5.74, 6) is 1.46. The van der Waals surface area contributed by atoms with Crippen LogP contribution in [0.5, 0.6) is 11.5 Å². The average Bonchev–Trinajstić information content (AvgIpc) is 3.49. The molecule has 0 unspecified atom stereocenters. The number of nitrogens with zero attached hydrogens (tertiary/aromatic N) is 4. The Morgan fingerprint density at radius 3 is 2.72 bits per heavy atom. The molecule has 3 heterocycles. The van der Waals surface area contributed by atoms with Crippen molar-refractivity contribution in [3.05, 3.63) is 23.8 Å². The fourth-order valence-corrected chi connectivity index (χ4v) is 5.16. The van der Waals surface area contributed by atoms with Crippen molar-refractivity contribution in [2.45, 2.75) is 44.6 Å². The monoisotopic (exact) mass is 459 g/mol. The van der Waals surface area contributed by atoms with E-state index >= 15 is 0 Å². The van der Waals surface area contributed by atoms with E-state index in [0.717, 1.165) is 37.8 Å². The highest BCUT2D eigenvalue weighted by Gasteiger charge is 2.33. The van der Waals surface area contributed by atoms with Crippen LogP contribution in [0.3, 0.4) is 0 Å². The van der Waals surface area contributed by atoms with Gasteiger partial charge in [-0.1, -0.05) is 17.4 Å². The first-order valence-corrected chi connectivity index (χ1v) is 11.8. The molecule has 2 saturated heterocycles. The van der Waals surface area contributed by atoms with Gasteiger partial charge in [-0.3, -0.25) is 14.5 Å². The third-order valence-corrected chi connectivity index (χ3v) is 6.90. The summed E-state index contributed by atoms with van der Waals surface area (Å²) < 4.78 is 10.6. The minimum atomic E-state index is -0.265. The van der Waals surface area contributed by atoms with Crippen molar-refractivity contribution in [1.29, 1.82) is 0 Å². The Morgan fingerprint density at radius 1 is 1.12 bits per heavy atom. The molecule has 9 nitrogen and oxygen atoms in total. The second-order valence-corrected chi connectivity index (χ2v) is 8.89. The second-order valence-electron chi connectivity index (χ2n) is 7.95. The van der Waals surface area contributed by atoms with Crippen molar-refractivity contribution in [3.8, 4) is 11.5 Å². The molecule has 2 fully saturated rings. The lowest BCUT2D eigenvalue weighted by atomic mass is 10.1. The number of hydrogen-bond acceptors (Lipinski definition) is 8. The highest BCUT2D eigenvalue weighted by Crippen LogP contribution is 2.33. The van der Waals surface area contributed by atoms with E-state index in [0.29, 0.717) is 47.7 Å². The molecule has 0 aliphatic carbocycles. The zero-order valence-corrected chi connectivity index (χ0v) is 19.3. The molecule has 1 aromatic heterocycles. The van der Waals surface area contributed by atoms with Gasteiger partial charge in [-0.05, 0) is 49.8 Å². The number of benzene rings is 1. The molecular weight excluding hydrogens is 430 g/mol. The lowest BCUT2D eigenvalue weighted by Crippen LogP contribution is -2.44. The normalized spacial score (nSPS) is 18.7. The van der Waals surface area contributed by atoms with Crippen molar-refractivity contribution >= 4 is 33.4 Å². The molecule has 0 saturated carbocycles. The zero-order chi connectivity index (χ0) is 22.5. The summed E-state index contributed by atoms with van der Waals surface area (Å²) in [5, 5.41) is 12.9. The predicted octanol–water partition coefficient (Wildman–Crippen LogP) is 2.40. The lowest BCUT2D eigenvalue weighted by molar-refractivity contribution is -0.122. The number of anilines is 2. The maximum absolute atomic E-state index is 12.9. The average molecular weight is 460 g/mol. The first kappa shape index (κ1) is 22.3. The van der Waals surface area contributed by atoms with E-state index < -0.39 is 0 Å². The molecule has 10 heteroatoms. The van der Waals surface area contributed by atoms with Crippen molar-refractivity contribution in [3.63, 3.8) is 0 Å². The Bertz CT molecular complexity index is 966. The van der Waals surface area contributed by atoms with Crippen LogP contribution in [0.25, 0.3) is 0 Å². The number of methoxy groups -OCH3 is 2. The highest BCUT2D eigenvalue weighted by atomic mass is 32.1. The number of rotatable bonds is 8. The van der Waals surface area contributed by atoms with Crippen LogP contribution in [-0.2, 0) is 16.0 Å². The third kappa shape index (κ3) is 4.79. The first-order chi connectivity index (χ1) is 15.6. The number of piperidine rings is 1. The quantitative estimate of drug-likeness (QED) is 0.647. The highest BCUT2D eigenvalue weighted by molar-refractivity contribution is 7.19. The SMILES string of the molecule is COc1ccc(CCNC(=O)[C@@H]2CCCN2c2nnc(N3CCCCC3=O)s2)cc1OC. The number of amides is 2. The fourth-order valence-electron chi connectivity index (χ4n) is 4.19. The number of aromatic nitrogens is 2. The molecular formula is C22H29N5O4S. The van der Waals surface area contributed by atoms with E-state index in [1.165, 1.54) is 11.3 Å². The molecule has 0 bridgehead atoms. The van der Waals surface area contributed by atoms with E-state index in [1.807, 2.05) is 23.1 Å². The molecule has 32 heavy (non-hydrogen) atoms. The fraction of sp³-hybridized carbons (Fsp3) is 0.545. The van der Waals surface area contributed by atoms with Crippen molar-refractivity contribution in [2.75, 3.05) is 43.7 Å². The van der Waals surface area contributed by atoms with E-state index in [9.17, 15) is 9.59 Å². The van der Waals surface area contributed by atoms with Crippen LogP contribution in [0.1, 0.15) is 37.7 Å². The van der Waals surface area contributed by atoms with E-state index in [-0.39, 0.29) is 17.9 Å². The molecule has 2 aliphatic rings. The van der Waals surface area contributed by atoms with Gasteiger partial charge >= 0.3 is 0 Å². The summed E-state index contributed by atoms with van der Waals surface area (Å²) >= 11 is 1.39. The Morgan fingerprint density at radius 2 is 1.94 bits per heavy atom. The maximum atomic E-state index is 12.9. The Kier molecular flexibility index (Phi) is 7.09. The molecule has 0 spiro atoms. The van der Waals surface area contributed by atoms with Gasteiger partial charge < -0.3 is 19.7 Å². The van der Waals surface area contributed by atoms with E-state index in [2.05, 4.69) is 15.5 Å². The smallest absolute Gasteiger partial charge is 0.242 e. The van der Waals surface area contributed by atoms with Crippen LogP contribution >= 0.6 is 11.3 Å². The van der Waals surface area contributed by atoms with Crippen LogP contribution < -0.4 is 24.6 Å². The summed E-state index contributed by atoms with van der Waals surface area (Å²) in [7, 11) is 3.22. The van der Waals surface area contributed by atoms with Crippen LogP contribution in [0.2, 0.25) is 0 Å². The Labute approximate surface area is 191 Å². The molecule has 0 radical (unpaired) electrons. The number of hydrogen-bond donors (Lipinski definition) is 1. The molecule has 2 aromatic rings. The standard InChI is InChI=1S/C22H29N5O4S/c1-30-17-9-8-15(14-18(17)31-2)10-11-23-20(29)16-6-5-13-26(16)21-24-25-22(32-21)27-12-4-3-7-19(27)28/h8-9,14,16H,3-7,10-13H2,1-2H3,(H,23,29)/t16-/m0/s1. The van der Waals surface area contributed by atoms with Crippen LogP contribution in [0.15, 0.2) is 18.2 Å². The number of carbonyl (C=O) groups is 2. The van der Waals surface area contributed by atoms with Gasteiger partial charge in [-0.25, -0.2) is 0 Å².